The van der Waals surface area contributed by atoms with Crippen molar-refractivity contribution in [2.24, 2.45) is 7.05 Å². The van der Waals surface area contributed by atoms with E-state index in [1.165, 1.54) is 7.11 Å². The second-order valence-electron chi connectivity index (χ2n) is 6.58. The van der Waals surface area contributed by atoms with Crippen LogP contribution in [-0.2, 0) is 20.1 Å². The van der Waals surface area contributed by atoms with E-state index >= 15 is 0 Å². The molecule has 2 heterocycles. The van der Waals surface area contributed by atoms with Gasteiger partial charge in [0.25, 0.3) is 0 Å². The number of methoxy groups -OCH3 is 2. The van der Waals surface area contributed by atoms with Crippen LogP contribution in [0.5, 0.6) is 11.6 Å². The van der Waals surface area contributed by atoms with Gasteiger partial charge in [-0.25, -0.2) is 4.98 Å². The molecule has 0 bridgehead atoms. The summed E-state index contributed by atoms with van der Waals surface area (Å²) in [6.45, 7) is 1.54. The molecule has 3 aromatic rings. The van der Waals surface area contributed by atoms with E-state index in [1.807, 2.05) is 43.7 Å². The second-order valence-corrected chi connectivity index (χ2v) is 6.58. The quantitative estimate of drug-likeness (QED) is 0.630. The number of hydrogen-bond acceptors (Lipinski definition) is 6. The van der Waals surface area contributed by atoms with Crippen molar-refractivity contribution in [1.82, 2.24) is 19.7 Å². The molecule has 0 atom stereocenters. The summed E-state index contributed by atoms with van der Waals surface area (Å²) in [5.41, 5.74) is 4.24. The van der Waals surface area contributed by atoms with Crippen LogP contribution in [0.2, 0.25) is 0 Å². The molecule has 0 saturated carbocycles. The zero-order chi connectivity index (χ0) is 20.1. The molecule has 2 aromatic heterocycles. The Kier molecular flexibility index (Phi) is 5.92. The molecule has 3 rings (SSSR count). The van der Waals surface area contributed by atoms with Gasteiger partial charge in [-0.05, 0) is 30.8 Å². The highest BCUT2D eigenvalue weighted by Crippen LogP contribution is 2.35. The first-order valence-corrected chi connectivity index (χ1v) is 8.82. The van der Waals surface area contributed by atoms with Gasteiger partial charge in [-0.3, -0.25) is 9.58 Å². The summed E-state index contributed by atoms with van der Waals surface area (Å²) in [5, 5.41) is 13.8. The molecular weight excluding hydrogens is 354 g/mol. The van der Waals surface area contributed by atoms with Crippen LogP contribution in [-0.4, -0.2) is 40.9 Å². The summed E-state index contributed by atoms with van der Waals surface area (Å²) in [6.07, 6.45) is 5.52. The van der Waals surface area contributed by atoms with Crippen LogP contribution in [0.3, 0.4) is 0 Å². The van der Waals surface area contributed by atoms with Crippen molar-refractivity contribution in [2.75, 3.05) is 21.3 Å². The maximum atomic E-state index is 9.61. The first-order valence-electron chi connectivity index (χ1n) is 8.82. The van der Waals surface area contributed by atoms with Crippen LogP contribution in [0.4, 0.5) is 0 Å². The van der Waals surface area contributed by atoms with Gasteiger partial charge in [0.2, 0.25) is 5.88 Å². The van der Waals surface area contributed by atoms with Crippen molar-refractivity contribution in [1.29, 1.82) is 5.26 Å². The molecule has 0 aliphatic heterocycles. The fourth-order valence-corrected chi connectivity index (χ4v) is 3.23. The van der Waals surface area contributed by atoms with Crippen molar-refractivity contribution >= 4 is 0 Å². The van der Waals surface area contributed by atoms with Gasteiger partial charge in [0.05, 0.1) is 20.4 Å². The Balaban J connectivity index is 1.92. The van der Waals surface area contributed by atoms with Crippen LogP contribution in [0.25, 0.3) is 11.1 Å². The van der Waals surface area contributed by atoms with Crippen molar-refractivity contribution in [3.05, 3.63) is 59.5 Å². The van der Waals surface area contributed by atoms with Crippen molar-refractivity contribution < 1.29 is 9.47 Å². The van der Waals surface area contributed by atoms with Gasteiger partial charge >= 0.3 is 0 Å². The number of aryl methyl sites for hydroxylation is 1. The standard InChI is InChI=1S/C21H23N5O2/c1-25(13-16-11-24-26(2)14-16)12-15-5-6-20(27-3)18(9-15)17-7-8-23-21(28-4)19(17)10-22/h5-9,11,14H,12-13H2,1-4H3. The third-order valence-corrected chi connectivity index (χ3v) is 4.44. The van der Waals surface area contributed by atoms with Gasteiger partial charge in [-0.1, -0.05) is 6.07 Å². The van der Waals surface area contributed by atoms with E-state index in [4.69, 9.17) is 9.47 Å². The molecule has 0 spiro atoms. The first kappa shape index (κ1) is 19.4. The number of benzene rings is 1. The molecular formula is C21H23N5O2. The Hall–Kier alpha value is -3.37. The highest BCUT2D eigenvalue weighted by molar-refractivity contribution is 5.77. The van der Waals surface area contributed by atoms with Gasteiger partial charge in [-0.2, -0.15) is 10.4 Å². The zero-order valence-electron chi connectivity index (χ0n) is 16.5. The lowest BCUT2D eigenvalue weighted by Crippen LogP contribution is -2.17. The average Bonchev–Trinajstić information content (AvgIpc) is 3.11. The lowest BCUT2D eigenvalue weighted by atomic mass is 9.98. The maximum absolute atomic E-state index is 9.61. The zero-order valence-corrected chi connectivity index (χ0v) is 16.5. The average molecular weight is 377 g/mol. The molecule has 28 heavy (non-hydrogen) atoms. The Bertz CT molecular complexity index is 1010. The summed E-state index contributed by atoms with van der Waals surface area (Å²) >= 11 is 0. The Labute approximate surface area is 164 Å². The predicted octanol–water partition coefficient (Wildman–Crippen LogP) is 3.00. The number of hydrogen-bond donors (Lipinski definition) is 0. The lowest BCUT2D eigenvalue weighted by Gasteiger charge is -2.18. The van der Waals surface area contributed by atoms with E-state index in [0.29, 0.717) is 17.2 Å². The highest BCUT2D eigenvalue weighted by atomic mass is 16.5. The van der Waals surface area contributed by atoms with E-state index in [9.17, 15) is 5.26 Å². The molecule has 7 nitrogen and oxygen atoms in total. The van der Waals surface area contributed by atoms with Crippen LogP contribution < -0.4 is 9.47 Å². The Morgan fingerprint density at radius 3 is 2.54 bits per heavy atom. The summed E-state index contributed by atoms with van der Waals surface area (Å²) in [6, 6.07) is 10.0. The fraction of sp³-hybridized carbons (Fsp3) is 0.286. The van der Waals surface area contributed by atoms with Crippen LogP contribution in [0, 0.1) is 11.3 Å². The summed E-state index contributed by atoms with van der Waals surface area (Å²) in [5.74, 6) is 1.00. The monoisotopic (exact) mass is 377 g/mol. The van der Waals surface area contributed by atoms with Crippen molar-refractivity contribution in [2.45, 2.75) is 13.1 Å². The van der Waals surface area contributed by atoms with Gasteiger partial charge in [0.15, 0.2) is 0 Å². The molecule has 144 valence electrons. The van der Waals surface area contributed by atoms with Crippen molar-refractivity contribution in [3.63, 3.8) is 0 Å². The minimum atomic E-state index is 0.307. The largest absolute Gasteiger partial charge is 0.496 e. The predicted molar refractivity (Wildman–Crippen MR) is 106 cm³/mol. The van der Waals surface area contributed by atoms with Gasteiger partial charge in [0.1, 0.15) is 17.4 Å². The van der Waals surface area contributed by atoms with Crippen LogP contribution in [0.15, 0.2) is 42.9 Å². The number of nitrogens with zero attached hydrogens (tertiary/aromatic N) is 5. The van der Waals surface area contributed by atoms with E-state index < -0.39 is 0 Å². The molecule has 0 saturated heterocycles. The topological polar surface area (TPSA) is 76.2 Å². The normalized spacial score (nSPS) is 10.7. The number of pyridine rings is 1. The summed E-state index contributed by atoms with van der Waals surface area (Å²) in [4.78, 5) is 6.34. The van der Waals surface area contributed by atoms with Crippen LogP contribution >= 0.6 is 0 Å². The number of nitriles is 1. The van der Waals surface area contributed by atoms with Gasteiger partial charge in [-0.15, -0.1) is 0 Å². The van der Waals surface area contributed by atoms with E-state index in [-0.39, 0.29) is 0 Å². The lowest BCUT2D eigenvalue weighted by molar-refractivity contribution is 0.319. The Morgan fingerprint density at radius 1 is 1.11 bits per heavy atom. The smallest absolute Gasteiger partial charge is 0.232 e. The molecule has 0 aliphatic carbocycles. The molecule has 0 unspecified atom stereocenters. The molecule has 7 heteroatoms. The van der Waals surface area contributed by atoms with Crippen molar-refractivity contribution in [3.8, 4) is 28.8 Å². The minimum Gasteiger partial charge on any atom is -0.496 e. The molecule has 0 N–H and O–H groups in total. The van der Waals surface area contributed by atoms with E-state index in [1.54, 1.807) is 18.0 Å². The number of aromatic nitrogens is 3. The van der Waals surface area contributed by atoms with Crippen LogP contribution in [0.1, 0.15) is 16.7 Å². The molecule has 0 fully saturated rings. The molecule has 0 radical (unpaired) electrons. The van der Waals surface area contributed by atoms with Gasteiger partial charge in [0, 0.05) is 49.2 Å². The van der Waals surface area contributed by atoms with Gasteiger partial charge < -0.3 is 9.47 Å². The maximum Gasteiger partial charge on any atom is 0.232 e. The SMILES string of the molecule is COc1ccc(CN(C)Cc2cnn(C)c2)cc1-c1ccnc(OC)c1C#N. The second kappa shape index (κ2) is 8.55. The molecule has 0 aliphatic rings. The Morgan fingerprint density at radius 2 is 1.89 bits per heavy atom. The fourth-order valence-electron chi connectivity index (χ4n) is 3.23. The van der Waals surface area contributed by atoms with E-state index in [0.717, 1.165) is 35.3 Å². The first-order chi connectivity index (χ1) is 13.5. The third-order valence-electron chi connectivity index (χ3n) is 4.44. The molecule has 0 amide bonds. The molecule has 1 aromatic carbocycles. The summed E-state index contributed by atoms with van der Waals surface area (Å²) in [7, 11) is 7.10. The third kappa shape index (κ3) is 4.13. The minimum absolute atomic E-state index is 0.307. The van der Waals surface area contributed by atoms with E-state index in [2.05, 4.69) is 28.1 Å². The summed E-state index contributed by atoms with van der Waals surface area (Å²) < 4.78 is 12.6. The highest BCUT2D eigenvalue weighted by Gasteiger charge is 2.16. The number of ether oxygens (including phenoxy) is 2. The number of rotatable bonds is 7.